The van der Waals surface area contributed by atoms with Gasteiger partial charge in [-0.25, -0.2) is 0 Å². The van der Waals surface area contributed by atoms with Gasteiger partial charge >= 0.3 is 0 Å². The molecule has 0 unspecified atom stereocenters. The molecule has 0 radical (unpaired) electrons. The maximum absolute atomic E-state index is 9.71. The van der Waals surface area contributed by atoms with Crippen LogP contribution in [0.1, 0.15) is 34.6 Å². The molecule has 1 saturated heterocycles. The van der Waals surface area contributed by atoms with Gasteiger partial charge in [-0.2, -0.15) is 0 Å². The lowest BCUT2D eigenvalue weighted by molar-refractivity contribution is -0.174. The number of aliphatic hydroxyl groups is 1. The minimum Gasteiger partial charge on any atom is -0.414 e. The van der Waals surface area contributed by atoms with Crippen molar-refractivity contribution in [1.82, 2.24) is 0 Å². The fraction of sp³-hybridized carbons (Fsp3) is 1.00. The van der Waals surface area contributed by atoms with Gasteiger partial charge in [0.1, 0.15) is 6.10 Å². The lowest BCUT2D eigenvalue weighted by Gasteiger charge is -2.36. The highest BCUT2D eigenvalue weighted by Gasteiger charge is 2.43. The van der Waals surface area contributed by atoms with Crippen LogP contribution in [0.4, 0.5) is 0 Å². The second-order valence-corrected chi connectivity index (χ2v) is 11.4. The summed E-state index contributed by atoms with van der Waals surface area (Å²) in [5.74, 6) is -0.721. The topological polar surface area (TPSA) is 47.9 Å². The number of aliphatic hydroxyl groups excluding tert-OH is 1. The molecule has 0 aromatic heterocycles. The van der Waals surface area contributed by atoms with Gasteiger partial charge in [-0.1, -0.05) is 20.8 Å². The Kier molecular flexibility index (Phi) is 4.11. The first kappa shape index (κ1) is 15.1. The lowest BCUT2D eigenvalue weighted by atomic mass is 10.2. The highest BCUT2D eigenvalue weighted by Crippen LogP contribution is 2.37. The van der Waals surface area contributed by atoms with Crippen LogP contribution in [-0.2, 0) is 13.9 Å². The minimum atomic E-state index is -1.80. The molecule has 102 valence electrons. The van der Waals surface area contributed by atoms with Crippen LogP contribution >= 0.6 is 0 Å². The Balaban J connectivity index is 2.52. The van der Waals surface area contributed by atoms with Crippen LogP contribution in [0.3, 0.4) is 0 Å². The zero-order valence-electron chi connectivity index (χ0n) is 12.0. The lowest BCUT2D eigenvalue weighted by Crippen LogP contribution is -2.44. The molecule has 0 bridgehead atoms. The van der Waals surface area contributed by atoms with Crippen LogP contribution in [0.5, 0.6) is 0 Å². The molecule has 1 aliphatic heterocycles. The van der Waals surface area contributed by atoms with Crippen molar-refractivity contribution in [2.24, 2.45) is 0 Å². The van der Waals surface area contributed by atoms with Crippen molar-refractivity contribution in [3.63, 3.8) is 0 Å². The van der Waals surface area contributed by atoms with E-state index in [9.17, 15) is 5.11 Å². The SMILES string of the molecule is CC1(C)O[C@H](O)[C@@H](CO[Si](C)(C)C(C)(C)C)O1. The molecular weight excluding hydrogens is 236 g/mol. The van der Waals surface area contributed by atoms with Crippen molar-refractivity contribution in [3.8, 4) is 0 Å². The Morgan fingerprint density at radius 3 is 2.12 bits per heavy atom. The van der Waals surface area contributed by atoms with Gasteiger partial charge in [0.15, 0.2) is 20.4 Å². The minimum absolute atomic E-state index is 0.160. The summed E-state index contributed by atoms with van der Waals surface area (Å²) < 4.78 is 16.9. The van der Waals surface area contributed by atoms with Gasteiger partial charge < -0.3 is 19.0 Å². The van der Waals surface area contributed by atoms with E-state index in [1.807, 2.05) is 0 Å². The van der Waals surface area contributed by atoms with Gasteiger partial charge in [0.05, 0.1) is 6.61 Å². The third-order valence-electron chi connectivity index (χ3n) is 3.57. The van der Waals surface area contributed by atoms with E-state index >= 15 is 0 Å². The Hall–Kier alpha value is 0.0569. The largest absolute Gasteiger partial charge is 0.414 e. The van der Waals surface area contributed by atoms with Crippen molar-refractivity contribution in [2.75, 3.05) is 6.61 Å². The van der Waals surface area contributed by atoms with E-state index in [-0.39, 0.29) is 11.1 Å². The maximum atomic E-state index is 9.71. The first-order valence-corrected chi connectivity index (χ1v) is 9.03. The predicted octanol–water partition coefficient (Wildman–Crippen LogP) is 2.48. The number of hydrogen-bond acceptors (Lipinski definition) is 4. The Morgan fingerprint density at radius 1 is 1.24 bits per heavy atom. The summed E-state index contributed by atoms with van der Waals surface area (Å²) in [4.78, 5) is 0. The molecular formula is C12H26O4Si. The molecule has 2 atom stereocenters. The molecule has 1 N–H and O–H groups in total. The third kappa shape index (κ3) is 3.76. The van der Waals surface area contributed by atoms with E-state index in [4.69, 9.17) is 13.9 Å². The summed E-state index contributed by atoms with van der Waals surface area (Å²) >= 11 is 0. The second kappa shape index (κ2) is 4.62. The van der Waals surface area contributed by atoms with E-state index in [0.29, 0.717) is 6.61 Å². The van der Waals surface area contributed by atoms with Crippen molar-refractivity contribution in [2.45, 2.75) is 70.9 Å². The van der Waals surface area contributed by atoms with Gasteiger partial charge in [-0.15, -0.1) is 0 Å². The third-order valence-corrected chi connectivity index (χ3v) is 8.07. The molecule has 1 aliphatic rings. The van der Waals surface area contributed by atoms with E-state index in [0.717, 1.165) is 0 Å². The Bertz CT molecular complexity index is 270. The van der Waals surface area contributed by atoms with Crippen LogP contribution < -0.4 is 0 Å². The van der Waals surface area contributed by atoms with Gasteiger partial charge in [-0.3, -0.25) is 0 Å². The van der Waals surface area contributed by atoms with E-state index in [1.54, 1.807) is 13.8 Å². The molecule has 0 saturated carbocycles. The molecule has 0 aromatic rings. The summed E-state index contributed by atoms with van der Waals surface area (Å²) in [6.45, 7) is 14.9. The average Bonchev–Trinajstić information content (AvgIpc) is 2.34. The van der Waals surface area contributed by atoms with Crippen LogP contribution in [0.25, 0.3) is 0 Å². The highest BCUT2D eigenvalue weighted by atomic mass is 28.4. The standard InChI is InChI=1S/C12H26O4Si/c1-11(2,3)17(6,7)14-8-9-10(13)16-12(4,5)15-9/h9-10,13H,8H2,1-7H3/t9-,10+/m1/s1. The van der Waals surface area contributed by atoms with E-state index < -0.39 is 20.4 Å². The zero-order valence-corrected chi connectivity index (χ0v) is 13.0. The van der Waals surface area contributed by atoms with Gasteiger partial charge in [-0.05, 0) is 32.0 Å². The summed E-state index contributed by atoms with van der Waals surface area (Å²) in [5.41, 5.74) is 0. The van der Waals surface area contributed by atoms with Crippen molar-refractivity contribution in [3.05, 3.63) is 0 Å². The van der Waals surface area contributed by atoms with Gasteiger partial charge in [0.2, 0.25) is 0 Å². The van der Waals surface area contributed by atoms with Crippen LogP contribution in [0.15, 0.2) is 0 Å². The van der Waals surface area contributed by atoms with Gasteiger partial charge in [0, 0.05) is 0 Å². The fourth-order valence-corrected chi connectivity index (χ4v) is 2.45. The molecule has 4 nitrogen and oxygen atoms in total. The van der Waals surface area contributed by atoms with Crippen molar-refractivity contribution < 1.29 is 19.0 Å². The second-order valence-electron chi connectivity index (χ2n) is 6.64. The molecule has 0 amide bonds. The monoisotopic (exact) mass is 262 g/mol. The number of hydrogen-bond donors (Lipinski definition) is 1. The van der Waals surface area contributed by atoms with E-state index in [2.05, 4.69) is 33.9 Å². The average molecular weight is 262 g/mol. The molecule has 1 fully saturated rings. The molecule has 17 heavy (non-hydrogen) atoms. The molecule has 5 heteroatoms. The summed E-state index contributed by atoms with van der Waals surface area (Å²) in [6.07, 6.45) is -1.28. The predicted molar refractivity (Wildman–Crippen MR) is 69.2 cm³/mol. The molecule has 0 spiro atoms. The summed E-state index contributed by atoms with van der Waals surface area (Å²) in [7, 11) is -1.80. The molecule has 0 aliphatic carbocycles. The summed E-state index contributed by atoms with van der Waals surface area (Å²) in [5, 5.41) is 9.87. The molecule has 1 rings (SSSR count). The van der Waals surface area contributed by atoms with Crippen LogP contribution in [0, 0.1) is 0 Å². The quantitative estimate of drug-likeness (QED) is 0.794. The van der Waals surface area contributed by atoms with Crippen LogP contribution in [0.2, 0.25) is 18.1 Å². The Morgan fingerprint density at radius 2 is 1.76 bits per heavy atom. The molecule has 0 aromatic carbocycles. The van der Waals surface area contributed by atoms with Gasteiger partial charge in [0.25, 0.3) is 0 Å². The first-order chi connectivity index (χ1) is 7.45. The highest BCUT2D eigenvalue weighted by molar-refractivity contribution is 6.74. The number of ether oxygens (including phenoxy) is 2. The summed E-state index contributed by atoms with van der Waals surface area (Å²) in [6, 6.07) is 0. The zero-order chi connectivity index (χ0) is 13.5. The fourth-order valence-electron chi connectivity index (χ4n) is 1.44. The smallest absolute Gasteiger partial charge is 0.192 e. The van der Waals surface area contributed by atoms with Crippen LogP contribution in [-0.4, -0.2) is 38.2 Å². The van der Waals surface area contributed by atoms with E-state index in [1.165, 1.54) is 0 Å². The molecule has 1 heterocycles. The Labute approximate surface area is 105 Å². The normalized spacial score (nSPS) is 29.6. The number of rotatable bonds is 3. The van der Waals surface area contributed by atoms with Crippen molar-refractivity contribution >= 4 is 8.32 Å². The first-order valence-electron chi connectivity index (χ1n) is 6.12. The maximum Gasteiger partial charge on any atom is 0.192 e. The van der Waals surface area contributed by atoms with Crippen molar-refractivity contribution in [1.29, 1.82) is 0 Å².